The third kappa shape index (κ3) is 4.93. The zero-order valence-corrected chi connectivity index (χ0v) is 17.2. The van der Waals surface area contributed by atoms with Crippen molar-refractivity contribution in [1.29, 1.82) is 0 Å². The van der Waals surface area contributed by atoms with E-state index < -0.39 is 11.8 Å². The molecule has 7 heteroatoms. The van der Waals surface area contributed by atoms with Gasteiger partial charge in [-0.25, -0.2) is 0 Å². The van der Waals surface area contributed by atoms with E-state index in [1.165, 1.54) is 0 Å². The predicted molar refractivity (Wildman–Crippen MR) is 117 cm³/mol. The average Bonchev–Trinajstić information content (AvgIpc) is 2.77. The molecule has 1 heterocycles. The van der Waals surface area contributed by atoms with Crippen molar-refractivity contribution in [2.24, 2.45) is 0 Å². The lowest BCUT2D eigenvalue weighted by Gasteiger charge is -2.18. The number of nitrogens with one attached hydrogen (secondary N) is 3. The molecule has 0 radical (unpaired) electrons. The molecule has 0 bridgehead atoms. The van der Waals surface area contributed by atoms with Gasteiger partial charge in [0.15, 0.2) is 0 Å². The lowest BCUT2D eigenvalue weighted by molar-refractivity contribution is -0.114. The monoisotopic (exact) mass is 406 g/mol. The number of fused-ring (bicyclic) bond motifs is 1. The molecule has 30 heavy (non-hydrogen) atoms. The number of nitrogens with zero attached hydrogens (tertiary/aromatic N) is 1. The zero-order valence-electron chi connectivity index (χ0n) is 17.2. The SMILES string of the molecule is CCN(CC)CCNC(=O)c1ccc(N/C=C2\C(=O)NC(=O)c3ccccc32)cc1. The summed E-state index contributed by atoms with van der Waals surface area (Å²) in [6, 6.07) is 14.0. The van der Waals surface area contributed by atoms with E-state index in [-0.39, 0.29) is 5.91 Å². The van der Waals surface area contributed by atoms with Gasteiger partial charge in [0.2, 0.25) is 0 Å². The van der Waals surface area contributed by atoms with Gasteiger partial charge in [-0.1, -0.05) is 32.0 Å². The van der Waals surface area contributed by atoms with E-state index in [2.05, 4.69) is 34.7 Å². The maximum atomic E-state index is 12.3. The van der Waals surface area contributed by atoms with Gasteiger partial charge in [-0.2, -0.15) is 0 Å². The van der Waals surface area contributed by atoms with Crippen LogP contribution in [0.25, 0.3) is 5.57 Å². The van der Waals surface area contributed by atoms with Gasteiger partial charge in [0.1, 0.15) is 0 Å². The van der Waals surface area contributed by atoms with Crippen LogP contribution in [-0.2, 0) is 4.79 Å². The van der Waals surface area contributed by atoms with E-state index in [0.717, 1.165) is 25.3 Å². The minimum atomic E-state index is -0.449. The Morgan fingerprint density at radius 3 is 2.30 bits per heavy atom. The molecule has 0 aromatic heterocycles. The van der Waals surface area contributed by atoms with Gasteiger partial charge in [-0.3, -0.25) is 19.7 Å². The predicted octanol–water partition coefficient (Wildman–Crippen LogP) is 2.48. The topological polar surface area (TPSA) is 90.5 Å². The Hall–Kier alpha value is -3.45. The van der Waals surface area contributed by atoms with Crippen molar-refractivity contribution < 1.29 is 14.4 Å². The highest BCUT2D eigenvalue weighted by Crippen LogP contribution is 2.24. The summed E-state index contributed by atoms with van der Waals surface area (Å²) in [5, 5.41) is 8.33. The average molecular weight is 406 g/mol. The van der Waals surface area contributed by atoms with Gasteiger partial charge in [0.05, 0.1) is 5.57 Å². The number of hydrogen-bond acceptors (Lipinski definition) is 5. The second-order valence-corrected chi connectivity index (χ2v) is 6.89. The highest BCUT2D eigenvalue weighted by Gasteiger charge is 2.26. The fraction of sp³-hybridized carbons (Fsp3) is 0.261. The fourth-order valence-electron chi connectivity index (χ4n) is 3.26. The summed E-state index contributed by atoms with van der Waals surface area (Å²) in [4.78, 5) is 38.7. The Kier molecular flexibility index (Phi) is 6.98. The van der Waals surface area contributed by atoms with Crippen molar-refractivity contribution in [3.05, 3.63) is 71.4 Å². The van der Waals surface area contributed by atoms with E-state index in [9.17, 15) is 14.4 Å². The standard InChI is InChI=1S/C23H26N4O3/c1-3-27(4-2)14-13-24-21(28)16-9-11-17(12-10-16)25-15-20-18-7-5-6-8-19(18)22(29)26-23(20)30/h5-12,15,25H,3-4,13-14H2,1-2H3,(H,24,28)(H,26,29,30)/b20-15-. The number of carbonyl (C=O) groups is 3. The van der Waals surface area contributed by atoms with Crippen LogP contribution in [0.5, 0.6) is 0 Å². The van der Waals surface area contributed by atoms with Crippen LogP contribution < -0.4 is 16.0 Å². The molecule has 7 nitrogen and oxygen atoms in total. The number of likely N-dealkylation sites (N-methyl/N-ethyl adjacent to an activating group) is 1. The molecule has 0 atom stereocenters. The number of benzene rings is 2. The molecule has 1 aliphatic heterocycles. The number of hydrogen-bond donors (Lipinski definition) is 3. The van der Waals surface area contributed by atoms with Crippen LogP contribution in [0.3, 0.4) is 0 Å². The van der Waals surface area contributed by atoms with Crippen molar-refractivity contribution >= 4 is 29.0 Å². The van der Waals surface area contributed by atoms with Gasteiger partial charge in [-0.05, 0) is 43.4 Å². The van der Waals surface area contributed by atoms with E-state index in [4.69, 9.17) is 0 Å². The van der Waals surface area contributed by atoms with Crippen LogP contribution in [0.2, 0.25) is 0 Å². The minimum absolute atomic E-state index is 0.119. The normalized spacial score (nSPS) is 14.4. The van der Waals surface area contributed by atoms with Gasteiger partial charge in [0, 0.05) is 41.7 Å². The molecule has 3 N–H and O–H groups in total. The molecule has 2 aromatic rings. The molecule has 3 rings (SSSR count). The van der Waals surface area contributed by atoms with E-state index in [1.807, 2.05) is 0 Å². The van der Waals surface area contributed by atoms with Crippen molar-refractivity contribution in [2.75, 3.05) is 31.5 Å². The van der Waals surface area contributed by atoms with Crippen LogP contribution in [0.1, 0.15) is 40.1 Å². The summed E-state index contributed by atoms with van der Waals surface area (Å²) < 4.78 is 0. The number of anilines is 1. The summed E-state index contributed by atoms with van der Waals surface area (Å²) in [7, 11) is 0. The number of carbonyl (C=O) groups excluding carboxylic acids is 3. The first-order chi connectivity index (χ1) is 14.5. The van der Waals surface area contributed by atoms with Crippen molar-refractivity contribution in [3.8, 4) is 0 Å². The summed E-state index contributed by atoms with van der Waals surface area (Å²) in [6.07, 6.45) is 1.57. The minimum Gasteiger partial charge on any atom is -0.361 e. The molecule has 156 valence electrons. The largest absolute Gasteiger partial charge is 0.361 e. The summed E-state index contributed by atoms with van der Waals surface area (Å²) >= 11 is 0. The molecule has 3 amide bonds. The van der Waals surface area contributed by atoms with E-state index in [1.54, 1.807) is 54.7 Å². The van der Waals surface area contributed by atoms with Crippen LogP contribution in [0.4, 0.5) is 5.69 Å². The summed E-state index contributed by atoms with van der Waals surface area (Å²) in [5.74, 6) is -0.967. The van der Waals surface area contributed by atoms with E-state index in [0.29, 0.717) is 28.8 Å². The molecule has 0 fully saturated rings. The maximum Gasteiger partial charge on any atom is 0.260 e. The smallest absolute Gasteiger partial charge is 0.260 e. The molecule has 0 aliphatic carbocycles. The molecular formula is C23H26N4O3. The van der Waals surface area contributed by atoms with Gasteiger partial charge in [-0.15, -0.1) is 0 Å². The Morgan fingerprint density at radius 2 is 1.63 bits per heavy atom. The second-order valence-electron chi connectivity index (χ2n) is 6.89. The molecule has 0 saturated carbocycles. The Balaban J connectivity index is 1.63. The molecule has 0 saturated heterocycles. The van der Waals surface area contributed by atoms with Crippen LogP contribution in [0.15, 0.2) is 54.7 Å². The molecule has 2 aromatic carbocycles. The maximum absolute atomic E-state index is 12.3. The van der Waals surface area contributed by atoms with Crippen LogP contribution in [-0.4, -0.2) is 48.8 Å². The lowest BCUT2D eigenvalue weighted by Crippen LogP contribution is -2.36. The Labute approximate surface area is 176 Å². The Bertz CT molecular complexity index is 963. The van der Waals surface area contributed by atoms with Crippen LogP contribution >= 0.6 is 0 Å². The number of amides is 3. The third-order valence-corrected chi connectivity index (χ3v) is 5.07. The van der Waals surface area contributed by atoms with E-state index >= 15 is 0 Å². The first kappa shape index (κ1) is 21.3. The second kappa shape index (κ2) is 9.84. The number of rotatable bonds is 8. The van der Waals surface area contributed by atoms with Gasteiger partial charge >= 0.3 is 0 Å². The van der Waals surface area contributed by atoms with Crippen molar-refractivity contribution in [2.45, 2.75) is 13.8 Å². The third-order valence-electron chi connectivity index (χ3n) is 5.07. The first-order valence-corrected chi connectivity index (χ1v) is 10.1. The molecule has 1 aliphatic rings. The highest BCUT2D eigenvalue weighted by molar-refractivity contribution is 6.31. The number of imide groups is 1. The van der Waals surface area contributed by atoms with Crippen molar-refractivity contribution in [3.63, 3.8) is 0 Å². The quantitative estimate of drug-likeness (QED) is 0.463. The highest BCUT2D eigenvalue weighted by atomic mass is 16.2. The zero-order chi connectivity index (χ0) is 21.5. The first-order valence-electron chi connectivity index (χ1n) is 10.1. The molecular weight excluding hydrogens is 380 g/mol. The summed E-state index contributed by atoms with van der Waals surface area (Å²) in [5.41, 5.74) is 2.72. The van der Waals surface area contributed by atoms with Crippen molar-refractivity contribution in [1.82, 2.24) is 15.5 Å². The molecule has 0 unspecified atom stereocenters. The Morgan fingerprint density at radius 1 is 0.967 bits per heavy atom. The van der Waals surface area contributed by atoms with Gasteiger partial charge < -0.3 is 15.5 Å². The summed E-state index contributed by atoms with van der Waals surface area (Å²) in [6.45, 7) is 7.52. The van der Waals surface area contributed by atoms with Crippen LogP contribution in [0, 0.1) is 0 Å². The fourth-order valence-corrected chi connectivity index (χ4v) is 3.26. The molecule has 0 spiro atoms. The van der Waals surface area contributed by atoms with Gasteiger partial charge in [0.25, 0.3) is 17.7 Å². The lowest BCUT2D eigenvalue weighted by atomic mass is 9.96.